The Labute approximate surface area is 214 Å². The quantitative estimate of drug-likeness (QED) is 0.201. The van der Waals surface area contributed by atoms with Gasteiger partial charge in [0.1, 0.15) is 11.5 Å². The van der Waals surface area contributed by atoms with Gasteiger partial charge in [0.05, 0.1) is 26.2 Å². The van der Waals surface area contributed by atoms with Gasteiger partial charge in [-0.2, -0.15) is 5.10 Å². The molecule has 0 aliphatic heterocycles. The fraction of sp³-hybridized carbons (Fsp3) is 0.185. The molecule has 0 atom stereocenters. The van der Waals surface area contributed by atoms with Gasteiger partial charge in [-0.05, 0) is 38.1 Å². The van der Waals surface area contributed by atoms with Crippen LogP contribution in [0.5, 0.6) is 11.5 Å². The number of thioether (sulfide) groups is 1. The normalized spacial score (nSPS) is 11.0. The monoisotopic (exact) mass is 501 g/mol. The molecule has 0 aliphatic carbocycles. The topological polar surface area (TPSA) is 90.6 Å². The highest BCUT2D eigenvalue weighted by molar-refractivity contribution is 7.99. The van der Waals surface area contributed by atoms with Crippen molar-refractivity contribution in [1.29, 1.82) is 0 Å². The van der Waals surface area contributed by atoms with Gasteiger partial charge in [-0.1, -0.05) is 59.3 Å². The molecule has 0 unspecified atom stereocenters. The molecule has 0 spiro atoms. The number of benzene rings is 3. The Hall–Kier alpha value is -4.11. The van der Waals surface area contributed by atoms with Gasteiger partial charge in [0.15, 0.2) is 11.0 Å². The number of aryl methyl sites for hydroxylation is 2. The van der Waals surface area contributed by atoms with E-state index >= 15 is 0 Å². The summed E-state index contributed by atoms with van der Waals surface area (Å²) in [6.07, 6.45) is 1.53. The molecular formula is C27H27N5O3S. The fourth-order valence-corrected chi connectivity index (χ4v) is 4.19. The highest BCUT2D eigenvalue weighted by atomic mass is 32.2. The molecule has 1 amide bonds. The lowest BCUT2D eigenvalue weighted by Gasteiger charge is -2.11. The van der Waals surface area contributed by atoms with Crippen LogP contribution < -0.4 is 14.9 Å². The van der Waals surface area contributed by atoms with Crippen molar-refractivity contribution in [2.24, 2.45) is 5.10 Å². The molecule has 1 aromatic heterocycles. The molecule has 0 saturated heterocycles. The van der Waals surface area contributed by atoms with Crippen LogP contribution in [0.1, 0.15) is 16.7 Å². The van der Waals surface area contributed by atoms with Crippen molar-refractivity contribution in [3.05, 3.63) is 83.4 Å². The number of nitrogens with zero attached hydrogens (tertiary/aromatic N) is 4. The number of nitrogens with one attached hydrogen (secondary N) is 1. The van der Waals surface area contributed by atoms with Crippen molar-refractivity contribution in [2.45, 2.75) is 19.0 Å². The summed E-state index contributed by atoms with van der Waals surface area (Å²) in [6.45, 7) is 4.08. The van der Waals surface area contributed by atoms with Crippen LogP contribution in [0.3, 0.4) is 0 Å². The standard InChI is InChI=1S/C27H27N5O3S/c1-18-5-9-20(10-6-18)26-30-31-27(32(26)22-12-7-19(2)8-13-22)36-17-25(33)29-28-16-21-11-14-23(34-3)15-24(21)35-4/h5-16H,17H2,1-4H3,(H,29,33). The van der Waals surface area contributed by atoms with Gasteiger partial charge >= 0.3 is 0 Å². The second-order valence-corrected chi connectivity index (χ2v) is 8.98. The minimum absolute atomic E-state index is 0.120. The van der Waals surface area contributed by atoms with E-state index in [1.165, 1.54) is 23.5 Å². The number of methoxy groups -OCH3 is 2. The lowest BCUT2D eigenvalue weighted by Crippen LogP contribution is -2.20. The maximum atomic E-state index is 12.5. The third-order valence-electron chi connectivity index (χ3n) is 5.40. The van der Waals surface area contributed by atoms with E-state index in [0.29, 0.717) is 28.0 Å². The molecule has 1 heterocycles. The first-order valence-electron chi connectivity index (χ1n) is 11.2. The predicted molar refractivity (Wildman–Crippen MR) is 142 cm³/mol. The molecule has 4 aromatic rings. The molecule has 1 N–H and O–H groups in total. The Kier molecular flexibility index (Phi) is 8.02. The van der Waals surface area contributed by atoms with E-state index in [9.17, 15) is 4.79 Å². The molecular weight excluding hydrogens is 474 g/mol. The maximum absolute atomic E-state index is 12.5. The Morgan fingerprint density at radius 1 is 0.972 bits per heavy atom. The van der Waals surface area contributed by atoms with E-state index < -0.39 is 0 Å². The van der Waals surface area contributed by atoms with Gasteiger partial charge in [0, 0.05) is 22.9 Å². The number of ether oxygens (including phenoxy) is 2. The van der Waals surface area contributed by atoms with Crippen molar-refractivity contribution < 1.29 is 14.3 Å². The first-order valence-corrected chi connectivity index (χ1v) is 12.2. The van der Waals surface area contributed by atoms with Gasteiger partial charge in [0.2, 0.25) is 0 Å². The highest BCUT2D eigenvalue weighted by Gasteiger charge is 2.17. The predicted octanol–water partition coefficient (Wildman–Crippen LogP) is 4.81. The van der Waals surface area contributed by atoms with Gasteiger partial charge in [-0.15, -0.1) is 10.2 Å². The Balaban J connectivity index is 1.49. The SMILES string of the molecule is COc1ccc(C=NNC(=O)CSc2nnc(-c3ccc(C)cc3)n2-c2ccc(C)cc2)c(OC)c1. The molecule has 0 aliphatic rings. The van der Waals surface area contributed by atoms with Crippen molar-refractivity contribution in [3.8, 4) is 28.6 Å². The zero-order valence-electron chi connectivity index (χ0n) is 20.6. The summed E-state index contributed by atoms with van der Waals surface area (Å²) in [5.74, 6) is 1.84. The van der Waals surface area contributed by atoms with E-state index in [1.807, 2.05) is 66.9 Å². The van der Waals surface area contributed by atoms with Crippen LogP contribution in [0, 0.1) is 13.8 Å². The van der Waals surface area contributed by atoms with E-state index in [-0.39, 0.29) is 11.7 Å². The Morgan fingerprint density at radius 3 is 2.33 bits per heavy atom. The minimum Gasteiger partial charge on any atom is -0.497 e. The summed E-state index contributed by atoms with van der Waals surface area (Å²) in [6, 6.07) is 21.6. The molecule has 0 fully saturated rings. The smallest absolute Gasteiger partial charge is 0.250 e. The molecule has 184 valence electrons. The summed E-state index contributed by atoms with van der Waals surface area (Å²) < 4.78 is 12.5. The van der Waals surface area contributed by atoms with Gasteiger partial charge in [-0.25, -0.2) is 5.43 Å². The van der Waals surface area contributed by atoms with Crippen LogP contribution in [0.15, 0.2) is 77.0 Å². The zero-order valence-corrected chi connectivity index (χ0v) is 21.4. The van der Waals surface area contributed by atoms with Gasteiger partial charge in [-0.3, -0.25) is 9.36 Å². The van der Waals surface area contributed by atoms with E-state index in [4.69, 9.17) is 9.47 Å². The molecule has 0 radical (unpaired) electrons. The van der Waals surface area contributed by atoms with Crippen molar-refractivity contribution in [3.63, 3.8) is 0 Å². The van der Waals surface area contributed by atoms with Crippen molar-refractivity contribution >= 4 is 23.9 Å². The zero-order chi connectivity index (χ0) is 25.5. The summed E-state index contributed by atoms with van der Waals surface area (Å²) in [5, 5.41) is 13.5. The van der Waals surface area contributed by atoms with Gasteiger partial charge < -0.3 is 9.47 Å². The highest BCUT2D eigenvalue weighted by Crippen LogP contribution is 2.28. The average molecular weight is 502 g/mol. The second kappa shape index (κ2) is 11.5. The number of carbonyl (C=O) groups is 1. The van der Waals surface area contributed by atoms with Crippen molar-refractivity contribution in [1.82, 2.24) is 20.2 Å². The average Bonchev–Trinajstić information content (AvgIpc) is 3.32. The number of hydrazone groups is 1. The first kappa shape index (κ1) is 25.0. The van der Waals surface area contributed by atoms with E-state index in [0.717, 1.165) is 16.8 Å². The molecule has 36 heavy (non-hydrogen) atoms. The summed E-state index contributed by atoms with van der Waals surface area (Å²) in [4.78, 5) is 12.5. The van der Waals surface area contributed by atoms with Crippen LogP contribution in [0.4, 0.5) is 0 Å². The van der Waals surface area contributed by atoms with Crippen LogP contribution in [0.25, 0.3) is 17.1 Å². The van der Waals surface area contributed by atoms with Crippen LogP contribution in [-0.2, 0) is 4.79 Å². The minimum atomic E-state index is -0.265. The number of amides is 1. The molecule has 3 aromatic carbocycles. The third-order valence-corrected chi connectivity index (χ3v) is 6.33. The Bertz CT molecular complexity index is 1370. The van der Waals surface area contributed by atoms with Crippen LogP contribution in [0.2, 0.25) is 0 Å². The lowest BCUT2D eigenvalue weighted by atomic mass is 10.1. The number of carbonyl (C=O) groups excluding carboxylic acids is 1. The maximum Gasteiger partial charge on any atom is 0.250 e. The molecule has 0 bridgehead atoms. The lowest BCUT2D eigenvalue weighted by molar-refractivity contribution is -0.118. The molecule has 9 heteroatoms. The van der Waals surface area contributed by atoms with E-state index in [1.54, 1.807) is 32.4 Å². The first-order chi connectivity index (χ1) is 17.5. The van der Waals surface area contributed by atoms with Crippen molar-refractivity contribution in [2.75, 3.05) is 20.0 Å². The fourth-order valence-electron chi connectivity index (χ4n) is 3.44. The number of aromatic nitrogens is 3. The third kappa shape index (κ3) is 5.92. The number of rotatable bonds is 9. The second-order valence-electron chi connectivity index (χ2n) is 8.03. The number of hydrogen-bond donors (Lipinski definition) is 1. The van der Waals surface area contributed by atoms with Crippen LogP contribution in [-0.4, -0.2) is 46.9 Å². The summed E-state index contributed by atoms with van der Waals surface area (Å²) >= 11 is 1.29. The van der Waals surface area contributed by atoms with Gasteiger partial charge in [0.25, 0.3) is 5.91 Å². The Morgan fingerprint density at radius 2 is 1.67 bits per heavy atom. The van der Waals surface area contributed by atoms with Crippen LogP contribution >= 0.6 is 11.8 Å². The van der Waals surface area contributed by atoms with E-state index in [2.05, 4.69) is 20.7 Å². The molecule has 4 rings (SSSR count). The summed E-state index contributed by atoms with van der Waals surface area (Å²) in [5.41, 5.74) is 7.47. The molecule has 0 saturated carbocycles. The molecule has 8 nitrogen and oxygen atoms in total. The number of hydrogen-bond acceptors (Lipinski definition) is 7. The largest absolute Gasteiger partial charge is 0.497 e. The summed E-state index contributed by atoms with van der Waals surface area (Å²) in [7, 11) is 3.15.